The van der Waals surface area contributed by atoms with Crippen molar-refractivity contribution in [2.75, 3.05) is 31.1 Å². The van der Waals surface area contributed by atoms with Gasteiger partial charge in [-0.1, -0.05) is 19.1 Å². The summed E-state index contributed by atoms with van der Waals surface area (Å²) < 4.78 is 0. The number of piperidine rings is 1. The van der Waals surface area contributed by atoms with Gasteiger partial charge < -0.3 is 10.6 Å². The van der Waals surface area contributed by atoms with Gasteiger partial charge in [0, 0.05) is 22.6 Å². The van der Waals surface area contributed by atoms with Gasteiger partial charge in [0.05, 0.1) is 12.2 Å². The fourth-order valence-electron chi connectivity index (χ4n) is 3.40. The number of amides is 2. The van der Waals surface area contributed by atoms with E-state index in [0.29, 0.717) is 11.8 Å². The Bertz CT molecular complexity index is 614. The number of primary amides is 1. The highest BCUT2D eigenvalue weighted by molar-refractivity contribution is 8.00. The van der Waals surface area contributed by atoms with Crippen LogP contribution in [-0.2, 0) is 9.59 Å². The molecule has 0 saturated carbocycles. The number of likely N-dealkylation sites (tertiary alicyclic amines) is 1. The lowest BCUT2D eigenvalue weighted by molar-refractivity contribution is -0.123. The molecule has 1 fully saturated rings. The minimum Gasteiger partial charge on any atom is -0.369 e. The summed E-state index contributed by atoms with van der Waals surface area (Å²) in [6, 6.07) is 8.16. The van der Waals surface area contributed by atoms with Crippen LogP contribution in [0.3, 0.4) is 0 Å². The van der Waals surface area contributed by atoms with Crippen LogP contribution in [0.25, 0.3) is 0 Å². The average molecular weight is 347 g/mol. The van der Waals surface area contributed by atoms with Gasteiger partial charge in [-0.15, -0.1) is 11.8 Å². The highest BCUT2D eigenvalue weighted by atomic mass is 32.2. The molecule has 0 radical (unpaired) electrons. The Morgan fingerprint density at radius 1 is 1.17 bits per heavy atom. The molecule has 130 valence electrons. The lowest BCUT2D eigenvalue weighted by Gasteiger charge is -2.32. The number of carbonyl (C=O) groups excluding carboxylic acids is 2. The van der Waals surface area contributed by atoms with Gasteiger partial charge in [-0.25, -0.2) is 0 Å². The summed E-state index contributed by atoms with van der Waals surface area (Å²) in [5, 5.41) is 0.510. The number of rotatable bonds is 3. The van der Waals surface area contributed by atoms with Crippen molar-refractivity contribution in [3.8, 4) is 0 Å². The Labute approximate surface area is 147 Å². The first kappa shape index (κ1) is 17.3. The number of hydrogen-bond acceptors (Lipinski definition) is 4. The summed E-state index contributed by atoms with van der Waals surface area (Å²) in [5.41, 5.74) is 6.41. The SMILES string of the molecule is C[C@@H]1CCN(C(=O)CN2CCC(C(N)=O)CC2)c2ccccc2S1. The summed E-state index contributed by atoms with van der Waals surface area (Å²) in [5.74, 6) is -0.101. The smallest absolute Gasteiger partial charge is 0.241 e. The molecule has 1 aromatic carbocycles. The molecule has 0 aliphatic carbocycles. The number of thioether (sulfide) groups is 1. The molecular weight excluding hydrogens is 322 g/mol. The van der Waals surface area contributed by atoms with Crippen LogP contribution in [0.2, 0.25) is 0 Å². The van der Waals surface area contributed by atoms with Gasteiger partial charge >= 0.3 is 0 Å². The van der Waals surface area contributed by atoms with Crippen molar-refractivity contribution in [1.82, 2.24) is 4.90 Å². The minimum absolute atomic E-state index is 0.0347. The van der Waals surface area contributed by atoms with Crippen molar-refractivity contribution in [3.63, 3.8) is 0 Å². The highest BCUT2D eigenvalue weighted by Crippen LogP contribution is 2.37. The van der Waals surface area contributed by atoms with Gasteiger partial charge in [0.15, 0.2) is 0 Å². The highest BCUT2D eigenvalue weighted by Gasteiger charge is 2.28. The second kappa shape index (κ2) is 7.57. The summed E-state index contributed by atoms with van der Waals surface area (Å²) in [6.45, 7) is 4.92. The number of carbonyl (C=O) groups is 2. The Hall–Kier alpha value is -1.53. The molecule has 24 heavy (non-hydrogen) atoms. The van der Waals surface area contributed by atoms with Crippen molar-refractivity contribution in [2.45, 2.75) is 36.3 Å². The number of nitrogens with zero attached hydrogens (tertiary/aromatic N) is 2. The van der Waals surface area contributed by atoms with Crippen LogP contribution in [0.4, 0.5) is 5.69 Å². The standard InChI is InChI=1S/C18H25N3O2S/c1-13-6-11-21(15-4-2-3-5-16(15)24-13)17(22)12-20-9-7-14(8-10-20)18(19)23/h2-5,13-14H,6-12H2,1H3,(H2,19,23)/t13-/m1/s1. The van der Waals surface area contributed by atoms with Crippen LogP contribution < -0.4 is 10.6 Å². The van der Waals surface area contributed by atoms with E-state index in [4.69, 9.17) is 5.73 Å². The first-order valence-corrected chi connectivity index (χ1v) is 9.50. The topological polar surface area (TPSA) is 66.6 Å². The molecule has 2 N–H and O–H groups in total. The van der Waals surface area contributed by atoms with Crippen LogP contribution in [-0.4, -0.2) is 48.1 Å². The van der Waals surface area contributed by atoms with Gasteiger partial charge in [0.25, 0.3) is 0 Å². The van der Waals surface area contributed by atoms with Crippen molar-refractivity contribution in [2.24, 2.45) is 11.7 Å². The predicted molar refractivity (Wildman–Crippen MR) is 97.1 cm³/mol. The van der Waals surface area contributed by atoms with Crippen LogP contribution in [0, 0.1) is 5.92 Å². The molecular formula is C18H25N3O2S. The normalized spacial score (nSPS) is 22.7. The van der Waals surface area contributed by atoms with E-state index in [1.165, 1.54) is 4.90 Å². The molecule has 0 aromatic heterocycles. The maximum Gasteiger partial charge on any atom is 0.241 e. The largest absolute Gasteiger partial charge is 0.369 e. The Kier molecular flexibility index (Phi) is 5.46. The van der Waals surface area contributed by atoms with Crippen molar-refractivity contribution >= 4 is 29.3 Å². The lowest BCUT2D eigenvalue weighted by Crippen LogP contribution is -2.45. The van der Waals surface area contributed by atoms with E-state index in [1.54, 1.807) is 0 Å². The Morgan fingerprint density at radius 3 is 2.58 bits per heavy atom. The maximum absolute atomic E-state index is 12.9. The van der Waals surface area contributed by atoms with Crippen LogP contribution in [0.1, 0.15) is 26.2 Å². The fraction of sp³-hybridized carbons (Fsp3) is 0.556. The molecule has 1 aromatic rings. The summed E-state index contributed by atoms with van der Waals surface area (Å²) in [7, 11) is 0. The van der Waals surface area contributed by atoms with E-state index >= 15 is 0 Å². The van der Waals surface area contributed by atoms with Gasteiger partial charge in [0.1, 0.15) is 0 Å². The molecule has 2 aliphatic heterocycles. The average Bonchev–Trinajstić information content (AvgIpc) is 2.73. The quantitative estimate of drug-likeness (QED) is 0.909. The number of anilines is 1. The molecule has 2 aliphatic rings. The van der Waals surface area contributed by atoms with Crippen LogP contribution in [0.5, 0.6) is 0 Å². The molecule has 5 nitrogen and oxygen atoms in total. The zero-order valence-electron chi connectivity index (χ0n) is 14.1. The second-order valence-electron chi connectivity index (χ2n) is 6.68. The molecule has 0 unspecified atom stereocenters. The van der Waals surface area contributed by atoms with E-state index in [9.17, 15) is 9.59 Å². The van der Waals surface area contributed by atoms with Gasteiger partial charge in [-0.05, 0) is 44.5 Å². The second-order valence-corrected chi connectivity index (χ2v) is 8.16. The van der Waals surface area contributed by atoms with Gasteiger partial charge in [-0.2, -0.15) is 0 Å². The third kappa shape index (κ3) is 3.92. The molecule has 2 heterocycles. The maximum atomic E-state index is 12.9. The number of hydrogen-bond donors (Lipinski definition) is 1. The Morgan fingerprint density at radius 2 is 1.88 bits per heavy atom. The monoisotopic (exact) mass is 347 g/mol. The predicted octanol–water partition coefficient (Wildman–Crippen LogP) is 2.10. The van der Waals surface area contributed by atoms with Crippen LogP contribution in [0.15, 0.2) is 29.2 Å². The third-order valence-corrected chi connectivity index (χ3v) is 6.13. The number of nitrogens with two attached hydrogens (primary N) is 1. The first-order valence-electron chi connectivity index (χ1n) is 8.62. The van der Waals surface area contributed by atoms with E-state index < -0.39 is 0 Å². The van der Waals surface area contributed by atoms with Crippen molar-refractivity contribution < 1.29 is 9.59 Å². The minimum atomic E-state index is -0.214. The molecule has 1 saturated heterocycles. The zero-order chi connectivity index (χ0) is 17.1. The molecule has 0 bridgehead atoms. The van der Waals surface area contributed by atoms with E-state index in [1.807, 2.05) is 34.9 Å². The summed E-state index contributed by atoms with van der Waals surface area (Å²) >= 11 is 1.84. The molecule has 0 spiro atoms. The van der Waals surface area contributed by atoms with E-state index in [-0.39, 0.29) is 17.7 Å². The van der Waals surface area contributed by atoms with Crippen molar-refractivity contribution in [3.05, 3.63) is 24.3 Å². The van der Waals surface area contributed by atoms with Crippen molar-refractivity contribution in [1.29, 1.82) is 0 Å². The van der Waals surface area contributed by atoms with Gasteiger partial charge in [-0.3, -0.25) is 14.5 Å². The summed E-state index contributed by atoms with van der Waals surface area (Å²) in [6.07, 6.45) is 2.51. The molecule has 3 rings (SSSR count). The Balaban J connectivity index is 1.66. The fourth-order valence-corrected chi connectivity index (χ4v) is 4.51. The number of fused-ring (bicyclic) bond motifs is 1. The molecule has 6 heteroatoms. The third-order valence-electron chi connectivity index (χ3n) is 4.89. The zero-order valence-corrected chi connectivity index (χ0v) is 14.9. The molecule has 1 atom stereocenters. The van der Waals surface area contributed by atoms with Gasteiger partial charge in [0.2, 0.25) is 11.8 Å². The van der Waals surface area contributed by atoms with Crippen LogP contribution >= 0.6 is 11.8 Å². The lowest BCUT2D eigenvalue weighted by atomic mass is 9.96. The van der Waals surface area contributed by atoms with E-state index in [2.05, 4.69) is 17.9 Å². The first-order chi connectivity index (χ1) is 11.5. The number of para-hydroxylation sites is 1. The van der Waals surface area contributed by atoms with E-state index in [0.717, 1.165) is 44.6 Å². The number of benzene rings is 1. The molecule has 2 amide bonds. The summed E-state index contributed by atoms with van der Waals surface area (Å²) in [4.78, 5) is 29.4.